The Morgan fingerprint density at radius 2 is 1.37 bits per heavy atom. The molecule has 0 atom stereocenters. The van der Waals surface area contributed by atoms with Crippen molar-refractivity contribution in [3.05, 3.63) is 99.6 Å². The van der Waals surface area contributed by atoms with Gasteiger partial charge in [-0.05, 0) is 30.5 Å². The van der Waals surface area contributed by atoms with Crippen molar-refractivity contribution in [2.45, 2.75) is 13.3 Å². The van der Waals surface area contributed by atoms with Gasteiger partial charge in [0.05, 0.1) is 22.4 Å². The van der Waals surface area contributed by atoms with Gasteiger partial charge >= 0.3 is 54.8 Å². The fourth-order valence-electron chi connectivity index (χ4n) is 2.22. The zero-order chi connectivity index (χ0) is 28.1. The Labute approximate surface area is 255 Å². The molecule has 0 aliphatic heterocycles. The number of ether oxygens (including phenoxy) is 1. The van der Waals surface area contributed by atoms with Crippen LogP contribution >= 0.6 is 0 Å². The maximum Gasteiger partial charge on any atom is 3.00 e. The number of hydrogen-bond acceptors (Lipinski definition) is 14. The molecule has 38 heavy (non-hydrogen) atoms. The van der Waals surface area contributed by atoms with Crippen LogP contribution in [0, 0.1) is 83.7 Å². The van der Waals surface area contributed by atoms with Crippen LogP contribution in [0.4, 0.5) is 0 Å². The summed E-state index contributed by atoms with van der Waals surface area (Å²) in [6.07, 6.45) is 2.31. The average Bonchev–Trinajstić information content (AvgIpc) is 2.76. The van der Waals surface area contributed by atoms with Crippen LogP contribution in [0.2, 0.25) is 0 Å². The van der Waals surface area contributed by atoms with E-state index in [9.17, 15) is 10.2 Å². The van der Waals surface area contributed by atoms with E-state index in [4.69, 9.17) is 50.7 Å². The molecule has 0 aliphatic rings. The van der Waals surface area contributed by atoms with E-state index in [1.807, 2.05) is 13.0 Å². The molecule has 0 aliphatic carbocycles. The third kappa shape index (κ3) is 24.3. The van der Waals surface area contributed by atoms with Crippen molar-refractivity contribution in [3.8, 4) is 17.2 Å². The zero-order valence-electron chi connectivity index (χ0n) is 19.5. The van der Waals surface area contributed by atoms with E-state index in [1.165, 1.54) is 13.2 Å². The van der Waals surface area contributed by atoms with Gasteiger partial charge in [0.15, 0.2) is 0 Å². The van der Waals surface area contributed by atoms with Gasteiger partial charge in [-0.25, -0.2) is 0 Å². The molecule has 0 amide bonds. The molecular formula is C19H20CuHoN5O12. The zero-order valence-corrected chi connectivity index (χ0v) is 22.4. The van der Waals surface area contributed by atoms with Crippen LogP contribution in [0.5, 0.6) is 17.2 Å². The predicted octanol–water partition coefficient (Wildman–Crippen LogP) is 1.44. The third-order valence-corrected chi connectivity index (χ3v) is 3.53. The van der Waals surface area contributed by atoms with E-state index in [0.717, 1.165) is 12.1 Å². The number of rotatable bonds is 7. The van der Waals surface area contributed by atoms with Crippen molar-refractivity contribution in [1.29, 1.82) is 0 Å². The maximum absolute atomic E-state index is 11.9. The van der Waals surface area contributed by atoms with Crippen LogP contribution in [-0.2, 0) is 17.1 Å². The standard InChI is InChI=1S/C19H22N2O3.Cu.Ho.3NO3/c1-14(16-8-3-4-9-17(16)22)21-12-6-11-20-13-15-7-5-10-18(24-2)19(15)23;;;3*2-1(3)4/h3-5,7-10,13,22-23H,6,11-12H2,1-2H3;;;;;/q;+2;+3;3*-1/p-2. The molecule has 2 rings (SSSR count). The number of aliphatic imine (C=N–C) groups is 2. The summed E-state index contributed by atoms with van der Waals surface area (Å²) in [5.74, 6) is 0.137. The fourth-order valence-corrected chi connectivity index (χ4v) is 2.22. The smallest absolute Gasteiger partial charge is 0.872 e. The second kappa shape index (κ2) is 25.2. The van der Waals surface area contributed by atoms with Crippen LogP contribution in [0.25, 0.3) is 0 Å². The van der Waals surface area contributed by atoms with Gasteiger partial charge in [-0.2, -0.15) is 0 Å². The van der Waals surface area contributed by atoms with Crippen LogP contribution in [0.15, 0.2) is 52.4 Å². The Hall–Kier alpha value is -3.44. The van der Waals surface area contributed by atoms with E-state index >= 15 is 0 Å². The monoisotopic (exact) mass is 738 g/mol. The van der Waals surface area contributed by atoms with Gasteiger partial charge in [0.1, 0.15) is 5.75 Å². The van der Waals surface area contributed by atoms with Gasteiger partial charge in [0.25, 0.3) is 0 Å². The summed E-state index contributed by atoms with van der Waals surface area (Å²) in [7, 11) is 1.47. The molecule has 0 aromatic heterocycles. The quantitative estimate of drug-likeness (QED) is 0.128. The molecular weight excluding hydrogens is 719 g/mol. The van der Waals surface area contributed by atoms with E-state index < -0.39 is 15.3 Å². The Morgan fingerprint density at radius 3 is 1.84 bits per heavy atom. The van der Waals surface area contributed by atoms with Crippen molar-refractivity contribution < 1.29 is 85.0 Å². The minimum absolute atomic E-state index is 0. The minimum atomic E-state index is -1.75. The Balaban J connectivity index is -0.000000349. The van der Waals surface area contributed by atoms with Gasteiger partial charge in [-0.3, -0.25) is 9.98 Å². The van der Waals surface area contributed by atoms with E-state index in [0.29, 0.717) is 30.0 Å². The molecule has 0 spiro atoms. The fraction of sp³-hybridized carbons (Fsp3) is 0.263. The summed E-state index contributed by atoms with van der Waals surface area (Å²) in [6.45, 7) is 2.98. The topological polar surface area (TPSA) is 279 Å². The van der Waals surface area contributed by atoms with E-state index in [2.05, 4.69) is 9.98 Å². The predicted molar refractivity (Wildman–Crippen MR) is 124 cm³/mol. The summed E-state index contributed by atoms with van der Waals surface area (Å²) < 4.78 is 4.99. The van der Waals surface area contributed by atoms with Crippen molar-refractivity contribution >= 4 is 11.9 Å². The summed E-state index contributed by atoms with van der Waals surface area (Å²) in [4.78, 5) is 33.4. The first-order chi connectivity index (χ1) is 16.8. The Kier molecular flexibility index (Phi) is 27.7. The number of nitrogens with zero attached hydrogens (tertiary/aromatic N) is 5. The molecule has 215 valence electrons. The molecule has 17 nitrogen and oxygen atoms in total. The van der Waals surface area contributed by atoms with Gasteiger partial charge in [0, 0.05) is 25.0 Å². The van der Waals surface area contributed by atoms with Gasteiger partial charge in [-0.1, -0.05) is 47.9 Å². The van der Waals surface area contributed by atoms with Crippen LogP contribution < -0.4 is 14.9 Å². The number of para-hydroxylation sites is 2. The molecule has 0 saturated carbocycles. The first kappa shape index (κ1) is 41.7. The van der Waals surface area contributed by atoms with Crippen molar-refractivity contribution in [2.24, 2.45) is 9.98 Å². The minimum Gasteiger partial charge on any atom is -0.872 e. The SMILES string of the molecule is COc1cccc(C=NCCCN=C(C)c2ccccc2[O-])c1[O-].O=[N+]([O-])[O-].O=[N+]([O-])[O-].O=[N+]([O-])[O-].[Cu+2].[Ho+3]. The summed E-state index contributed by atoms with van der Waals surface area (Å²) in [6, 6.07) is 12.0. The molecule has 0 unspecified atom stereocenters. The van der Waals surface area contributed by atoms with Gasteiger partial charge < -0.3 is 60.9 Å². The van der Waals surface area contributed by atoms with Crippen LogP contribution in [0.3, 0.4) is 0 Å². The number of methoxy groups -OCH3 is 1. The van der Waals surface area contributed by atoms with Crippen molar-refractivity contribution in [3.63, 3.8) is 0 Å². The molecule has 2 aromatic carbocycles. The van der Waals surface area contributed by atoms with E-state index in [1.54, 1.807) is 36.5 Å². The van der Waals surface area contributed by atoms with Crippen molar-refractivity contribution in [2.75, 3.05) is 20.2 Å². The van der Waals surface area contributed by atoms with Gasteiger partial charge in [-0.15, -0.1) is 0 Å². The first-order valence-electron chi connectivity index (χ1n) is 9.39. The Morgan fingerprint density at radius 1 is 0.868 bits per heavy atom. The molecule has 0 bridgehead atoms. The summed E-state index contributed by atoms with van der Waals surface area (Å²) in [5.41, 5.74) is 1.88. The summed E-state index contributed by atoms with van der Waals surface area (Å²) in [5, 5.41) is 67.9. The summed E-state index contributed by atoms with van der Waals surface area (Å²) >= 11 is 0. The number of hydrogen-bond donors (Lipinski definition) is 0. The second-order valence-corrected chi connectivity index (χ2v) is 5.90. The first-order valence-corrected chi connectivity index (χ1v) is 9.39. The molecule has 0 fully saturated rings. The molecule has 0 heterocycles. The largest absolute Gasteiger partial charge is 3.00 e. The molecule has 19 heteroatoms. The Bertz CT molecular complexity index is 1000. The molecule has 0 saturated heterocycles. The third-order valence-electron chi connectivity index (χ3n) is 3.53. The van der Waals surface area contributed by atoms with Crippen LogP contribution in [-0.4, -0.2) is 47.4 Å². The average molecular weight is 739 g/mol. The molecule has 1 radical (unpaired) electrons. The normalized spacial score (nSPS) is 9.37. The molecule has 0 N–H and O–H groups in total. The maximum atomic E-state index is 11.9. The van der Waals surface area contributed by atoms with Crippen LogP contribution in [0.1, 0.15) is 24.5 Å². The van der Waals surface area contributed by atoms with Crippen molar-refractivity contribution in [1.82, 2.24) is 0 Å². The second-order valence-electron chi connectivity index (χ2n) is 5.90. The van der Waals surface area contributed by atoms with E-state index in [-0.39, 0.29) is 66.3 Å². The van der Waals surface area contributed by atoms with Gasteiger partial charge in [0.2, 0.25) is 0 Å². The number of benzene rings is 2. The molecule has 2 aromatic rings.